The summed E-state index contributed by atoms with van der Waals surface area (Å²) in [6, 6.07) is -0.0393. The van der Waals surface area contributed by atoms with Crippen molar-refractivity contribution in [3.8, 4) is 0 Å². The lowest BCUT2D eigenvalue weighted by atomic mass is 10.3. The Morgan fingerprint density at radius 3 is 2.71 bits per heavy atom. The van der Waals surface area contributed by atoms with E-state index in [9.17, 15) is 13.2 Å². The molecule has 0 aromatic carbocycles. The number of nitrogens with one attached hydrogen (secondary N) is 1. The Morgan fingerprint density at radius 1 is 1.38 bits per heavy atom. The standard InChI is InChI=1S/C12H23N5O3S/c1-4-6-7-17-11(14-15-16-17)8-21(19,20)9-12(18)13-10(3)5-2/h10H,4-9H2,1-3H3,(H,13,18)/t10-/m0/s1. The van der Waals surface area contributed by atoms with Crippen LogP contribution in [0, 0.1) is 0 Å². The number of rotatable bonds is 9. The number of aryl methyl sites for hydroxylation is 1. The van der Waals surface area contributed by atoms with Crippen LogP contribution >= 0.6 is 0 Å². The van der Waals surface area contributed by atoms with Gasteiger partial charge in [0.2, 0.25) is 5.91 Å². The van der Waals surface area contributed by atoms with E-state index < -0.39 is 21.5 Å². The average Bonchev–Trinajstić information content (AvgIpc) is 2.81. The number of hydrogen-bond donors (Lipinski definition) is 1. The fourth-order valence-corrected chi connectivity index (χ4v) is 2.86. The van der Waals surface area contributed by atoms with Crippen molar-refractivity contribution >= 4 is 15.7 Å². The van der Waals surface area contributed by atoms with Crippen LogP contribution in [0.1, 0.15) is 45.9 Å². The smallest absolute Gasteiger partial charge is 0.235 e. The van der Waals surface area contributed by atoms with Crippen LogP contribution in [0.2, 0.25) is 0 Å². The lowest BCUT2D eigenvalue weighted by Crippen LogP contribution is -2.36. The molecule has 9 heteroatoms. The Hall–Kier alpha value is -1.51. The van der Waals surface area contributed by atoms with Crippen molar-refractivity contribution in [3.05, 3.63) is 5.82 Å². The van der Waals surface area contributed by atoms with Gasteiger partial charge in [0.15, 0.2) is 15.7 Å². The molecule has 0 saturated heterocycles. The SMILES string of the molecule is CCCCn1nnnc1CS(=O)(=O)CC(=O)N[C@@H](C)CC. The Kier molecular flexibility index (Phi) is 6.73. The fourth-order valence-electron chi connectivity index (χ4n) is 1.67. The average molecular weight is 317 g/mol. The van der Waals surface area contributed by atoms with Gasteiger partial charge in [0.1, 0.15) is 11.5 Å². The minimum absolute atomic E-state index is 0.0393. The van der Waals surface area contributed by atoms with Crippen LogP contribution < -0.4 is 5.32 Å². The molecule has 1 aromatic rings. The van der Waals surface area contributed by atoms with E-state index >= 15 is 0 Å². The Labute approximate surface area is 125 Å². The minimum Gasteiger partial charge on any atom is -0.353 e. The lowest BCUT2D eigenvalue weighted by Gasteiger charge is -2.11. The van der Waals surface area contributed by atoms with Gasteiger partial charge in [-0.1, -0.05) is 20.3 Å². The van der Waals surface area contributed by atoms with E-state index in [2.05, 4.69) is 20.8 Å². The highest BCUT2D eigenvalue weighted by Gasteiger charge is 2.21. The number of unbranched alkanes of at least 4 members (excludes halogenated alkanes) is 1. The van der Waals surface area contributed by atoms with E-state index in [0.717, 1.165) is 19.3 Å². The van der Waals surface area contributed by atoms with Gasteiger partial charge in [0.25, 0.3) is 0 Å². The molecule has 21 heavy (non-hydrogen) atoms. The predicted molar refractivity (Wildman–Crippen MR) is 78.1 cm³/mol. The maximum absolute atomic E-state index is 12.0. The summed E-state index contributed by atoms with van der Waals surface area (Å²) in [7, 11) is -3.58. The molecule has 0 spiro atoms. The largest absolute Gasteiger partial charge is 0.353 e. The lowest BCUT2D eigenvalue weighted by molar-refractivity contribution is -0.119. The molecule has 1 amide bonds. The molecular formula is C12H23N5O3S. The molecule has 0 fully saturated rings. The van der Waals surface area contributed by atoms with Crippen molar-refractivity contribution in [2.45, 2.75) is 58.4 Å². The van der Waals surface area contributed by atoms with Crippen LogP contribution in [0.4, 0.5) is 0 Å². The van der Waals surface area contributed by atoms with E-state index in [-0.39, 0.29) is 17.6 Å². The van der Waals surface area contributed by atoms with Gasteiger partial charge >= 0.3 is 0 Å². The third-order valence-electron chi connectivity index (χ3n) is 3.05. The van der Waals surface area contributed by atoms with Crippen molar-refractivity contribution in [2.24, 2.45) is 0 Å². The number of hydrogen-bond acceptors (Lipinski definition) is 6. The highest BCUT2D eigenvalue weighted by Crippen LogP contribution is 2.04. The molecule has 0 bridgehead atoms. The first-order valence-corrected chi connectivity index (χ1v) is 8.95. The third kappa shape index (κ3) is 6.19. The predicted octanol–water partition coefficient (Wildman–Crippen LogP) is 0.303. The van der Waals surface area contributed by atoms with Crippen LogP contribution in [0.25, 0.3) is 0 Å². The van der Waals surface area contributed by atoms with Crippen LogP contribution in [0.15, 0.2) is 0 Å². The van der Waals surface area contributed by atoms with Crippen LogP contribution in [-0.4, -0.2) is 46.3 Å². The molecule has 0 aliphatic heterocycles. The zero-order chi connectivity index (χ0) is 15.9. The summed E-state index contributed by atoms with van der Waals surface area (Å²) in [5.41, 5.74) is 0. The van der Waals surface area contributed by atoms with Gasteiger partial charge in [0, 0.05) is 12.6 Å². The van der Waals surface area contributed by atoms with E-state index in [1.54, 1.807) is 0 Å². The molecule has 0 aliphatic rings. The van der Waals surface area contributed by atoms with Crippen molar-refractivity contribution in [3.63, 3.8) is 0 Å². The maximum atomic E-state index is 12.0. The topological polar surface area (TPSA) is 107 Å². The first-order chi connectivity index (χ1) is 9.88. The van der Waals surface area contributed by atoms with Gasteiger partial charge in [0.05, 0.1) is 0 Å². The fraction of sp³-hybridized carbons (Fsp3) is 0.833. The summed E-state index contributed by atoms with van der Waals surface area (Å²) in [5, 5.41) is 13.6. The maximum Gasteiger partial charge on any atom is 0.235 e. The number of aromatic nitrogens is 4. The third-order valence-corrected chi connectivity index (χ3v) is 4.45. The molecule has 0 radical (unpaired) electrons. The second-order valence-corrected chi connectivity index (χ2v) is 7.15. The van der Waals surface area contributed by atoms with Crippen molar-refractivity contribution in [1.29, 1.82) is 0 Å². The van der Waals surface area contributed by atoms with Crippen molar-refractivity contribution in [1.82, 2.24) is 25.5 Å². The van der Waals surface area contributed by atoms with Gasteiger partial charge in [-0.2, -0.15) is 0 Å². The van der Waals surface area contributed by atoms with E-state index in [1.165, 1.54) is 4.68 Å². The molecule has 1 rings (SSSR count). The molecular weight excluding hydrogens is 294 g/mol. The first kappa shape index (κ1) is 17.5. The zero-order valence-corrected chi connectivity index (χ0v) is 13.6. The quantitative estimate of drug-likeness (QED) is 0.702. The molecule has 8 nitrogen and oxygen atoms in total. The molecule has 0 saturated carbocycles. The van der Waals surface area contributed by atoms with E-state index in [4.69, 9.17) is 0 Å². The van der Waals surface area contributed by atoms with Gasteiger partial charge < -0.3 is 5.32 Å². The summed E-state index contributed by atoms with van der Waals surface area (Å²) in [6.07, 6.45) is 2.58. The molecule has 1 heterocycles. The summed E-state index contributed by atoms with van der Waals surface area (Å²) >= 11 is 0. The number of tetrazole rings is 1. The van der Waals surface area contributed by atoms with Crippen LogP contribution in [0.3, 0.4) is 0 Å². The normalized spacial score (nSPS) is 13.1. The molecule has 1 N–H and O–H groups in total. The monoisotopic (exact) mass is 317 g/mol. The van der Waals surface area contributed by atoms with Crippen LogP contribution in [0.5, 0.6) is 0 Å². The summed E-state index contributed by atoms with van der Waals surface area (Å²) in [6.45, 7) is 6.35. The number of amides is 1. The Balaban J connectivity index is 2.64. The van der Waals surface area contributed by atoms with Gasteiger partial charge in [-0.05, 0) is 30.2 Å². The number of sulfone groups is 1. The first-order valence-electron chi connectivity index (χ1n) is 7.12. The summed E-state index contributed by atoms with van der Waals surface area (Å²) < 4.78 is 25.5. The van der Waals surface area contributed by atoms with E-state index in [1.807, 2.05) is 20.8 Å². The van der Waals surface area contributed by atoms with Crippen molar-refractivity contribution < 1.29 is 13.2 Å². The Bertz CT molecular complexity index is 555. The second kappa shape index (κ2) is 8.06. The Morgan fingerprint density at radius 2 is 2.10 bits per heavy atom. The molecule has 120 valence electrons. The number of carbonyl (C=O) groups is 1. The highest BCUT2D eigenvalue weighted by atomic mass is 32.2. The van der Waals surface area contributed by atoms with Gasteiger partial charge in [-0.25, -0.2) is 13.1 Å². The van der Waals surface area contributed by atoms with E-state index in [0.29, 0.717) is 6.54 Å². The summed E-state index contributed by atoms with van der Waals surface area (Å²) in [5.74, 6) is -1.08. The van der Waals surface area contributed by atoms with Gasteiger partial charge in [-0.3, -0.25) is 4.79 Å². The number of nitrogens with zero attached hydrogens (tertiary/aromatic N) is 4. The summed E-state index contributed by atoms with van der Waals surface area (Å²) in [4.78, 5) is 11.7. The number of carbonyl (C=O) groups excluding carboxylic acids is 1. The van der Waals surface area contributed by atoms with Crippen molar-refractivity contribution in [2.75, 3.05) is 5.75 Å². The minimum atomic E-state index is -3.58. The van der Waals surface area contributed by atoms with Crippen LogP contribution in [-0.2, 0) is 26.9 Å². The molecule has 0 unspecified atom stereocenters. The van der Waals surface area contributed by atoms with Gasteiger partial charge in [-0.15, -0.1) is 5.10 Å². The molecule has 0 aliphatic carbocycles. The zero-order valence-electron chi connectivity index (χ0n) is 12.7. The molecule has 1 atom stereocenters. The molecule has 1 aromatic heterocycles. The second-order valence-electron chi connectivity index (χ2n) is 5.08. The highest BCUT2D eigenvalue weighted by molar-refractivity contribution is 7.91.